The van der Waals surface area contributed by atoms with E-state index in [2.05, 4.69) is 15.9 Å². The first kappa shape index (κ1) is 14.6. The molecule has 18 heavy (non-hydrogen) atoms. The fourth-order valence-corrected chi connectivity index (χ4v) is 1.64. The Labute approximate surface area is 112 Å². The van der Waals surface area contributed by atoms with Gasteiger partial charge in [-0.2, -0.15) is 0 Å². The molecule has 0 fully saturated rings. The highest BCUT2D eigenvalue weighted by molar-refractivity contribution is 9.10. The number of nitrogens with zero attached hydrogens (tertiary/aromatic N) is 1. The van der Waals surface area contributed by atoms with E-state index in [0.29, 0.717) is 17.5 Å². The third-order valence-electron chi connectivity index (χ3n) is 2.11. The quantitative estimate of drug-likeness (QED) is 0.348. The second-order valence-corrected chi connectivity index (χ2v) is 4.26. The normalized spacial score (nSPS) is 10.1. The lowest BCUT2D eigenvalue weighted by Crippen LogP contribution is -2.09. The predicted molar refractivity (Wildman–Crippen MR) is 67.6 cm³/mol. The van der Waals surface area contributed by atoms with Crippen LogP contribution in [0.15, 0.2) is 22.7 Å². The fourth-order valence-electron chi connectivity index (χ4n) is 1.23. The summed E-state index contributed by atoms with van der Waals surface area (Å²) in [6.07, 6.45) is 0.578. The predicted octanol–water partition coefficient (Wildman–Crippen LogP) is 2.55. The molecule has 0 saturated carbocycles. The molecule has 6 nitrogen and oxygen atoms in total. The van der Waals surface area contributed by atoms with Gasteiger partial charge in [-0.1, -0.05) is 0 Å². The van der Waals surface area contributed by atoms with Crippen molar-refractivity contribution in [3.63, 3.8) is 0 Å². The molecule has 0 spiro atoms. The van der Waals surface area contributed by atoms with Gasteiger partial charge in [0, 0.05) is 36.7 Å². The molecule has 0 radical (unpaired) electrons. The molecule has 0 aliphatic heterocycles. The minimum absolute atomic E-state index is 0.140. The van der Waals surface area contributed by atoms with E-state index in [4.69, 9.17) is 9.47 Å². The number of carbonyl (C=O) groups excluding carboxylic acids is 1. The van der Waals surface area contributed by atoms with Crippen LogP contribution < -0.4 is 0 Å². The van der Waals surface area contributed by atoms with Gasteiger partial charge in [-0.25, -0.2) is 4.79 Å². The van der Waals surface area contributed by atoms with Crippen LogP contribution >= 0.6 is 15.9 Å². The average molecular weight is 318 g/mol. The molecule has 1 aromatic rings. The minimum Gasteiger partial charge on any atom is -0.462 e. The van der Waals surface area contributed by atoms with Crippen molar-refractivity contribution in [3.05, 3.63) is 38.3 Å². The number of methoxy groups -OCH3 is 1. The van der Waals surface area contributed by atoms with Crippen LogP contribution in [0.4, 0.5) is 5.69 Å². The molecule has 7 heteroatoms. The number of carbonyl (C=O) groups is 1. The monoisotopic (exact) mass is 317 g/mol. The van der Waals surface area contributed by atoms with Crippen LogP contribution in [0.3, 0.4) is 0 Å². The lowest BCUT2D eigenvalue weighted by Gasteiger charge is -2.06. The zero-order chi connectivity index (χ0) is 13.5. The maximum absolute atomic E-state index is 11.7. The first-order chi connectivity index (χ1) is 8.56. The molecule has 98 valence electrons. The van der Waals surface area contributed by atoms with Crippen molar-refractivity contribution in [2.75, 3.05) is 20.3 Å². The molecule has 0 aromatic heterocycles. The number of hydrogen-bond acceptors (Lipinski definition) is 5. The van der Waals surface area contributed by atoms with Crippen LogP contribution in [0.5, 0.6) is 0 Å². The highest BCUT2D eigenvalue weighted by Gasteiger charge is 2.16. The first-order valence-corrected chi connectivity index (χ1v) is 5.95. The molecule has 0 N–H and O–H groups in total. The summed E-state index contributed by atoms with van der Waals surface area (Å²) in [4.78, 5) is 21.7. The molecule has 0 bridgehead atoms. The fraction of sp³-hybridized carbons (Fsp3) is 0.364. The molecule has 0 aliphatic rings. The van der Waals surface area contributed by atoms with Gasteiger partial charge in [0.2, 0.25) is 0 Å². The molecule has 1 rings (SSSR count). The highest BCUT2D eigenvalue weighted by atomic mass is 79.9. The molecule has 1 aromatic carbocycles. The summed E-state index contributed by atoms with van der Waals surface area (Å²) in [6, 6.07) is 3.94. The summed E-state index contributed by atoms with van der Waals surface area (Å²) in [6.45, 7) is 0.700. The van der Waals surface area contributed by atoms with Gasteiger partial charge in [0.05, 0.1) is 17.1 Å². The maximum atomic E-state index is 11.7. The van der Waals surface area contributed by atoms with Crippen LogP contribution in [0, 0.1) is 10.1 Å². The second-order valence-electron chi connectivity index (χ2n) is 3.40. The van der Waals surface area contributed by atoms with Crippen LogP contribution in [0.1, 0.15) is 16.8 Å². The Kier molecular flexibility index (Phi) is 5.73. The van der Waals surface area contributed by atoms with Gasteiger partial charge >= 0.3 is 5.97 Å². The SMILES string of the molecule is COCCCOC(=O)c1cc([N+](=O)[O-])ccc1Br. The van der Waals surface area contributed by atoms with E-state index in [1.807, 2.05) is 0 Å². The van der Waals surface area contributed by atoms with Crippen LogP contribution in [0.25, 0.3) is 0 Å². The summed E-state index contributed by atoms with van der Waals surface area (Å²) in [5.41, 5.74) is -0.0105. The van der Waals surface area contributed by atoms with Crippen LogP contribution in [-0.4, -0.2) is 31.2 Å². The van der Waals surface area contributed by atoms with E-state index >= 15 is 0 Å². The number of nitro benzene ring substituents is 1. The standard InChI is InChI=1S/C11H12BrNO5/c1-17-5-2-6-18-11(14)9-7-8(13(15)16)3-4-10(9)12/h3-4,7H,2,5-6H2,1H3. The number of rotatable bonds is 6. The number of esters is 1. The Balaban J connectivity index is 2.72. The number of halogens is 1. The molecule has 0 saturated heterocycles. The first-order valence-electron chi connectivity index (χ1n) is 5.16. The Morgan fingerprint density at radius 3 is 2.78 bits per heavy atom. The average Bonchev–Trinajstić information content (AvgIpc) is 2.34. The van der Waals surface area contributed by atoms with Crippen molar-refractivity contribution in [1.29, 1.82) is 0 Å². The molecular formula is C11H12BrNO5. The summed E-state index contributed by atoms with van der Waals surface area (Å²) >= 11 is 3.15. The summed E-state index contributed by atoms with van der Waals surface area (Å²) in [7, 11) is 1.55. The largest absolute Gasteiger partial charge is 0.462 e. The van der Waals surface area contributed by atoms with Gasteiger partial charge in [-0.05, 0) is 22.0 Å². The van der Waals surface area contributed by atoms with Crippen molar-refractivity contribution in [3.8, 4) is 0 Å². The topological polar surface area (TPSA) is 78.7 Å². The number of hydrogen-bond donors (Lipinski definition) is 0. The van der Waals surface area contributed by atoms with Crippen molar-refractivity contribution >= 4 is 27.6 Å². The summed E-state index contributed by atoms with van der Waals surface area (Å²) in [5, 5.41) is 10.6. The van der Waals surface area contributed by atoms with Gasteiger partial charge in [0.1, 0.15) is 0 Å². The van der Waals surface area contributed by atoms with E-state index in [0.717, 1.165) is 0 Å². The molecular weight excluding hydrogens is 306 g/mol. The van der Waals surface area contributed by atoms with Gasteiger partial charge in [-0.15, -0.1) is 0 Å². The Hall–Kier alpha value is -1.47. The zero-order valence-electron chi connectivity index (χ0n) is 9.72. The van der Waals surface area contributed by atoms with E-state index < -0.39 is 10.9 Å². The van der Waals surface area contributed by atoms with Crippen LogP contribution in [0.2, 0.25) is 0 Å². The van der Waals surface area contributed by atoms with Crippen LogP contribution in [-0.2, 0) is 9.47 Å². The van der Waals surface area contributed by atoms with Crippen molar-refractivity contribution < 1.29 is 19.2 Å². The van der Waals surface area contributed by atoms with E-state index in [1.54, 1.807) is 7.11 Å². The summed E-state index contributed by atoms with van der Waals surface area (Å²) < 4.78 is 10.3. The lowest BCUT2D eigenvalue weighted by atomic mass is 10.2. The molecule has 0 heterocycles. The Morgan fingerprint density at radius 2 is 2.17 bits per heavy atom. The van der Waals surface area contributed by atoms with Crippen molar-refractivity contribution in [2.45, 2.75) is 6.42 Å². The third kappa shape index (κ3) is 4.08. The van der Waals surface area contributed by atoms with Gasteiger partial charge < -0.3 is 9.47 Å². The van der Waals surface area contributed by atoms with E-state index in [-0.39, 0.29) is 17.9 Å². The lowest BCUT2D eigenvalue weighted by molar-refractivity contribution is -0.384. The van der Waals surface area contributed by atoms with Gasteiger partial charge in [0.15, 0.2) is 0 Å². The van der Waals surface area contributed by atoms with Gasteiger partial charge in [0.25, 0.3) is 5.69 Å². The second kappa shape index (κ2) is 7.07. The highest BCUT2D eigenvalue weighted by Crippen LogP contribution is 2.23. The third-order valence-corrected chi connectivity index (χ3v) is 2.80. The van der Waals surface area contributed by atoms with Crippen molar-refractivity contribution in [1.82, 2.24) is 0 Å². The number of ether oxygens (including phenoxy) is 2. The molecule has 0 aliphatic carbocycles. The Morgan fingerprint density at radius 1 is 1.44 bits per heavy atom. The minimum atomic E-state index is -0.596. The number of benzene rings is 1. The van der Waals surface area contributed by atoms with E-state index in [1.165, 1.54) is 18.2 Å². The Bertz CT molecular complexity index is 449. The smallest absolute Gasteiger partial charge is 0.339 e. The number of non-ortho nitro benzene ring substituents is 1. The van der Waals surface area contributed by atoms with Gasteiger partial charge in [-0.3, -0.25) is 10.1 Å². The van der Waals surface area contributed by atoms with E-state index in [9.17, 15) is 14.9 Å². The molecule has 0 atom stereocenters. The molecule has 0 amide bonds. The number of nitro groups is 1. The zero-order valence-corrected chi connectivity index (χ0v) is 11.3. The van der Waals surface area contributed by atoms with Crippen molar-refractivity contribution in [2.24, 2.45) is 0 Å². The maximum Gasteiger partial charge on any atom is 0.339 e. The summed E-state index contributed by atoms with van der Waals surface area (Å²) in [5.74, 6) is -0.596. The molecule has 0 unspecified atom stereocenters.